The molecule has 156 valence electrons. The van der Waals surface area contributed by atoms with Gasteiger partial charge in [0.1, 0.15) is 29.2 Å². The third-order valence-electron chi connectivity index (χ3n) is 5.13. The number of carbonyl (C=O) groups excluding carboxylic acids is 1. The van der Waals surface area contributed by atoms with E-state index in [1.807, 2.05) is 0 Å². The first-order chi connectivity index (χ1) is 14.6. The number of hydrogen-bond acceptors (Lipinski definition) is 4. The lowest BCUT2D eigenvalue weighted by Gasteiger charge is -2.33. The van der Waals surface area contributed by atoms with Gasteiger partial charge >= 0.3 is 0 Å². The molecule has 1 aromatic heterocycles. The van der Waals surface area contributed by atoms with E-state index in [2.05, 4.69) is 4.98 Å². The SMILES string of the molecule is O=C(COc1cccc(F)c1)N1CCCC[C@H]1c1ncc(Cc2ccc(F)cc2)o1. The van der Waals surface area contributed by atoms with E-state index in [-0.39, 0.29) is 24.4 Å². The van der Waals surface area contributed by atoms with Gasteiger partial charge in [0.2, 0.25) is 5.89 Å². The van der Waals surface area contributed by atoms with Crippen molar-refractivity contribution in [2.45, 2.75) is 31.7 Å². The fourth-order valence-electron chi connectivity index (χ4n) is 3.63. The lowest BCUT2D eigenvalue weighted by atomic mass is 10.0. The number of carbonyl (C=O) groups is 1. The second kappa shape index (κ2) is 9.07. The molecule has 30 heavy (non-hydrogen) atoms. The van der Waals surface area contributed by atoms with Crippen molar-refractivity contribution >= 4 is 5.91 Å². The topological polar surface area (TPSA) is 55.6 Å². The van der Waals surface area contributed by atoms with Crippen molar-refractivity contribution in [1.29, 1.82) is 0 Å². The number of piperidine rings is 1. The molecule has 0 N–H and O–H groups in total. The zero-order valence-corrected chi connectivity index (χ0v) is 16.4. The molecule has 1 saturated heterocycles. The maximum absolute atomic E-state index is 13.3. The van der Waals surface area contributed by atoms with Crippen molar-refractivity contribution < 1.29 is 22.7 Å². The van der Waals surface area contributed by atoms with E-state index in [9.17, 15) is 13.6 Å². The van der Waals surface area contributed by atoms with E-state index in [1.54, 1.807) is 29.3 Å². The monoisotopic (exact) mass is 412 g/mol. The largest absolute Gasteiger partial charge is 0.484 e. The molecule has 1 fully saturated rings. The summed E-state index contributed by atoms with van der Waals surface area (Å²) in [5.74, 6) is 0.575. The first kappa shape index (κ1) is 20.1. The van der Waals surface area contributed by atoms with Gasteiger partial charge in [0, 0.05) is 19.0 Å². The van der Waals surface area contributed by atoms with Crippen LogP contribution in [0.2, 0.25) is 0 Å². The standard InChI is InChI=1S/C23H22F2N2O3/c24-17-9-7-16(8-10-17)12-20-14-26-23(30-20)21-6-1-2-11-27(21)22(28)15-29-19-5-3-4-18(25)13-19/h3-5,7-10,13-14,21H,1-2,6,11-12,15H2/t21-/m0/s1. The first-order valence-corrected chi connectivity index (χ1v) is 9.95. The van der Waals surface area contributed by atoms with Gasteiger partial charge in [-0.25, -0.2) is 13.8 Å². The molecule has 5 nitrogen and oxygen atoms in total. The van der Waals surface area contributed by atoms with E-state index >= 15 is 0 Å². The quantitative estimate of drug-likeness (QED) is 0.590. The van der Waals surface area contributed by atoms with Crippen LogP contribution in [0.1, 0.15) is 42.5 Å². The van der Waals surface area contributed by atoms with Gasteiger partial charge in [0.25, 0.3) is 5.91 Å². The average molecular weight is 412 g/mol. The minimum atomic E-state index is -0.413. The number of hydrogen-bond donors (Lipinski definition) is 0. The summed E-state index contributed by atoms with van der Waals surface area (Å²) in [5, 5.41) is 0. The Balaban J connectivity index is 1.42. The Labute approximate surface area is 173 Å². The molecule has 0 radical (unpaired) electrons. The van der Waals surface area contributed by atoms with Crippen LogP contribution in [-0.4, -0.2) is 28.9 Å². The number of benzene rings is 2. The molecule has 0 spiro atoms. The highest BCUT2D eigenvalue weighted by atomic mass is 19.1. The highest BCUT2D eigenvalue weighted by Gasteiger charge is 2.31. The number of likely N-dealkylation sites (tertiary alicyclic amines) is 1. The average Bonchev–Trinajstić information content (AvgIpc) is 3.22. The third kappa shape index (κ3) is 4.84. The number of aromatic nitrogens is 1. The van der Waals surface area contributed by atoms with Crippen molar-refractivity contribution in [2.24, 2.45) is 0 Å². The zero-order chi connectivity index (χ0) is 20.9. The Morgan fingerprint density at radius 3 is 2.77 bits per heavy atom. The molecule has 3 aromatic rings. The molecule has 1 aliphatic heterocycles. The summed E-state index contributed by atoms with van der Waals surface area (Å²) in [5.41, 5.74) is 0.916. The van der Waals surface area contributed by atoms with Gasteiger partial charge in [0.05, 0.1) is 6.20 Å². The smallest absolute Gasteiger partial charge is 0.261 e. The summed E-state index contributed by atoms with van der Waals surface area (Å²) in [6, 6.07) is 11.7. The Kier molecular flexibility index (Phi) is 6.07. The molecule has 1 atom stereocenters. The molecule has 0 bridgehead atoms. The summed E-state index contributed by atoms with van der Waals surface area (Å²) < 4.78 is 37.8. The van der Waals surface area contributed by atoms with E-state index in [4.69, 9.17) is 9.15 Å². The predicted molar refractivity (Wildman–Crippen MR) is 106 cm³/mol. The van der Waals surface area contributed by atoms with Crippen molar-refractivity contribution in [3.63, 3.8) is 0 Å². The van der Waals surface area contributed by atoms with Crippen LogP contribution in [0, 0.1) is 11.6 Å². The Hall–Kier alpha value is -3.22. The van der Waals surface area contributed by atoms with Crippen LogP contribution in [0.5, 0.6) is 5.75 Å². The second-order valence-electron chi connectivity index (χ2n) is 7.31. The number of halogens is 2. The maximum Gasteiger partial charge on any atom is 0.261 e. The van der Waals surface area contributed by atoms with Crippen LogP contribution in [0.25, 0.3) is 0 Å². The van der Waals surface area contributed by atoms with Gasteiger partial charge in [-0.05, 0) is 49.1 Å². The summed E-state index contributed by atoms with van der Waals surface area (Å²) in [6.07, 6.45) is 4.76. The maximum atomic E-state index is 13.3. The summed E-state index contributed by atoms with van der Waals surface area (Å²) in [4.78, 5) is 18.9. The number of nitrogens with zero attached hydrogens (tertiary/aromatic N) is 2. The van der Waals surface area contributed by atoms with Crippen LogP contribution in [0.3, 0.4) is 0 Å². The van der Waals surface area contributed by atoms with Gasteiger partial charge < -0.3 is 14.1 Å². The Morgan fingerprint density at radius 2 is 1.97 bits per heavy atom. The Bertz CT molecular complexity index is 1000. The number of ether oxygens (including phenoxy) is 1. The molecular formula is C23H22F2N2O3. The molecule has 0 saturated carbocycles. The highest BCUT2D eigenvalue weighted by molar-refractivity contribution is 5.78. The third-order valence-corrected chi connectivity index (χ3v) is 5.13. The van der Waals surface area contributed by atoms with Gasteiger partial charge in [-0.3, -0.25) is 4.79 Å². The van der Waals surface area contributed by atoms with Crippen molar-refractivity contribution in [2.75, 3.05) is 13.2 Å². The van der Waals surface area contributed by atoms with Gasteiger partial charge in [0.15, 0.2) is 6.61 Å². The predicted octanol–water partition coefficient (Wildman–Crippen LogP) is 4.68. The number of amides is 1. The number of rotatable bonds is 6. The lowest BCUT2D eigenvalue weighted by molar-refractivity contribution is -0.137. The van der Waals surface area contributed by atoms with E-state index in [1.165, 1.54) is 30.3 Å². The van der Waals surface area contributed by atoms with Crippen molar-refractivity contribution in [1.82, 2.24) is 9.88 Å². The van der Waals surface area contributed by atoms with E-state index < -0.39 is 5.82 Å². The van der Waals surface area contributed by atoms with Gasteiger partial charge in [-0.1, -0.05) is 18.2 Å². The lowest BCUT2D eigenvalue weighted by Crippen LogP contribution is -2.41. The molecular weight excluding hydrogens is 390 g/mol. The minimum absolute atomic E-state index is 0.177. The van der Waals surface area contributed by atoms with Crippen LogP contribution >= 0.6 is 0 Å². The molecule has 0 unspecified atom stereocenters. The molecule has 2 aromatic carbocycles. The zero-order valence-electron chi connectivity index (χ0n) is 16.4. The summed E-state index contributed by atoms with van der Waals surface area (Å²) in [6.45, 7) is 0.411. The van der Waals surface area contributed by atoms with E-state index in [0.717, 1.165) is 24.8 Å². The van der Waals surface area contributed by atoms with Crippen LogP contribution in [0.4, 0.5) is 8.78 Å². The van der Waals surface area contributed by atoms with Crippen LogP contribution in [0.15, 0.2) is 59.1 Å². The van der Waals surface area contributed by atoms with Crippen LogP contribution in [-0.2, 0) is 11.2 Å². The number of oxazole rings is 1. The van der Waals surface area contributed by atoms with Crippen LogP contribution < -0.4 is 4.74 Å². The first-order valence-electron chi connectivity index (χ1n) is 9.95. The van der Waals surface area contributed by atoms with E-state index in [0.29, 0.717) is 30.4 Å². The molecule has 7 heteroatoms. The minimum Gasteiger partial charge on any atom is -0.484 e. The van der Waals surface area contributed by atoms with Gasteiger partial charge in [-0.2, -0.15) is 0 Å². The van der Waals surface area contributed by atoms with Crippen molar-refractivity contribution in [3.8, 4) is 5.75 Å². The normalized spacial score (nSPS) is 16.5. The molecule has 4 rings (SSSR count). The summed E-state index contributed by atoms with van der Waals surface area (Å²) in [7, 11) is 0. The highest BCUT2D eigenvalue weighted by Crippen LogP contribution is 2.31. The Morgan fingerprint density at radius 1 is 1.13 bits per heavy atom. The molecule has 1 aliphatic rings. The fraction of sp³-hybridized carbons (Fsp3) is 0.304. The molecule has 2 heterocycles. The van der Waals surface area contributed by atoms with Gasteiger partial charge in [-0.15, -0.1) is 0 Å². The second-order valence-corrected chi connectivity index (χ2v) is 7.31. The van der Waals surface area contributed by atoms with Crippen molar-refractivity contribution in [3.05, 3.63) is 83.6 Å². The molecule has 0 aliphatic carbocycles. The summed E-state index contributed by atoms with van der Waals surface area (Å²) >= 11 is 0. The fourth-order valence-corrected chi connectivity index (χ4v) is 3.63. The molecule has 1 amide bonds.